The minimum atomic E-state index is 0.526. The van der Waals surface area contributed by atoms with Crippen molar-refractivity contribution < 1.29 is 4.74 Å². The van der Waals surface area contributed by atoms with E-state index in [2.05, 4.69) is 45.6 Å². The Hall–Kier alpha value is -0.870. The maximum absolute atomic E-state index is 5.40. The Balaban J connectivity index is 2.07. The van der Waals surface area contributed by atoms with E-state index in [1.807, 2.05) is 0 Å². The lowest BCUT2D eigenvalue weighted by Crippen LogP contribution is -2.14. The van der Waals surface area contributed by atoms with Gasteiger partial charge in [0.1, 0.15) is 10.3 Å². The fraction of sp³-hybridized carbons (Fsp3) is 0.462. The molecule has 0 aliphatic carbocycles. The van der Waals surface area contributed by atoms with Crippen molar-refractivity contribution in [3.8, 4) is 0 Å². The fourth-order valence-corrected chi connectivity index (χ4v) is 3.08. The molecule has 4 heteroatoms. The second-order valence-corrected chi connectivity index (χ2v) is 5.36. The van der Waals surface area contributed by atoms with Gasteiger partial charge in [0.2, 0.25) is 0 Å². The summed E-state index contributed by atoms with van der Waals surface area (Å²) in [6.45, 7) is 3.80. The summed E-state index contributed by atoms with van der Waals surface area (Å²) < 4.78 is 8.61. The Bertz CT molecular complexity index is 544. The van der Waals surface area contributed by atoms with Crippen molar-refractivity contribution in [1.29, 1.82) is 0 Å². The van der Waals surface area contributed by atoms with Crippen LogP contribution in [0.5, 0.6) is 0 Å². The van der Waals surface area contributed by atoms with Crippen molar-refractivity contribution in [3.05, 3.63) is 34.2 Å². The third-order valence-electron chi connectivity index (χ3n) is 3.36. The summed E-state index contributed by atoms with van der Waals surface area (Å²) in [5, 5.41) is 0. The number of pyridine rings is 1. The Kier molecular flexibility index (Phi) is 2.92. The van der Waals surface area contributed by atoms with Crippen LogP contribution in [0.3, 0.4) is 0 Å². The lowest BCUT2D eigenvalue weighted by Gasteiger charge is -2.20. The third kappa shape index (κ3) is 2.00. The van der Waals surface area contributed by atoms with E-state index in [1.165, 1.54) is 11.3 Å². The van der Waals surface area contributed by atoms with Crippen LogP contribution >= 0.6 is 15.9 Å². The van der Waals surface area contributed by atoms with Crippen LogP contribution in [0.2, 0.25) is 0 Å². The molecule has 0 aromatic carbocycles. The van der Waals surface area contributed by atoms with Crippen LogP contribution in [0.4, 0.5) is 0 Å². The van der Waals surface area contributed by atoms with E-state index in [1.54, 1.807) is 0 Å². The van der Waals surface area contributed by atoms with Gasteiger partial charge in [-0.15, -0.1) is 0 Å². The molecule has 3 heterocycles. The molecule has 0 N–H and O–H groups in total. The molecule has 0 radical (unpaired) electrons. The summed E-state index contributed by atoms with van der Waals surface area (Å²) in [4.78, 5) is 4.76. The first kappa shape index (κ1) is 11.2. The SMILES string of the molecule is Cc1ccn2c(Br)c(C3CCOCC3)nc2c1. The maximum Gasteiger partial charge on any atom is 0.138 e. The van der Waals surface area contributed by atoms with E-state index in [0.29, 0.717) is 5.92 Å². The molecule has 17 heavy (non-hydrogen) atoms. The molecule has 0 spiro atoms. The van der Waals surface area contributed by atoms with E-state index in [-0.39, 0.29) is 0 Å². The predicted molar refractivity (Wildman–Crippen MR) is 70.4 cm³/mol. The number of ether oxygens (including phenoxy) is 1. The van der Waals surface area contributed by atoms with Gasteiger partial charge in [-0.1, -0.05) is 0 Å². The Morgan fingerprint density at radius 1 is 1.41 bits per heavy atom. The molecule has 0 saturated carbocycles. The Labute approximate surface area is 109 Å². The largest absolute Gasteiger partial charge is 0.381 e. The van der Waals surface area contributed by atoms with Gasteiger partial charge in [0.05, 0.1) is 5.69 Å². The molecule has 0 unspecified atom stereocenters. The van der Waals surface area contributed by atoms with Crippen LogP contribution in [-0.2, 0) is 4.74 Å². The van der Waals surface area contributed by atoms with Crippen molar-refractivity contribution in [3.63, 3.8) is 0 Å². The van der Waals surface area contributed by atoms with Crippen molar-refractivity contribution in [2.45, 2.75) is 25.7 Å². The fourth-order valence-electron chi connectivity index (χ4n) is 2.37. The number of hydrogen-bond donors (Lipinski definition) is 0. The molecule has 1 aliphatic rings. The Morgan fingerprint density at radius 3 is 2.94 bits per heavy atom. The molecule has 0 amide bonds. The number of halogens is 1. The summed E-state index contributed by atoms with van der Waals surface area (Å²) >= 11 is 3.67. The van der Waals surface area contributed by atoms with Crippen molar-refractivity contribution in [1.82, 2.24) is 9.38 Å². The highest BCUT2D eigenvalue weighted by Crippen LogP contribution is 2.32. The number of rotatable bonds is 1. The van der Waals surface area contributed by atoms with Gasteiger partial charge >= 0.3 is 0 Å². The lowest BCUT2D eigenvalue weighted by atomic mass is 9.97. The first-order valence-corrected chi connectivity index (χ1v) is 6.77. The van der Waals surface area contributed by atoms with Crippen molar-refractivity contribution in [2.24, 2.45) is 0 Å². The number of nitrogens with zero attached hydrogens (tertiary/aromatic N) is 2. The molecular weight excluding hydrogens is 280 g/mol. The molecule has 1 aliphatic heterocycles. The quantitative estimate of drug-likeness (QED) is 0.807. The van der Waals surface area contributed by atoms with Crippen LogP contribution in [0.1, 0.15) is 30.0 Å². The number of imidazole rings is 1. The molecule has 1 saturated heterocycles. The number of hydrogen-bond acceptors (Lipinski definition) is 2. The minimum Gasteiger partial charge on any atom is -0.381 e. The summed E-state index contributed by atoms with van der Waals surface area (Å²) in [5.74, 6) is 0.526. The number of aromatic nitrogens is 2. The minimum absolute atomic E-state index is 0.526. The van der Waals surface area contributed by atoms with Gasteiger partial charge in [-0.05, 0) is 53.4 Å². The maximum atomic E-state index is 5.40. The zero-order valence-corrected chi connectivity index (χ0v) is 11.4. The molecule has 90 valence electrons. The molecule has 1 fully saturated rings. The highest BCUT2D eigenvalue weighted by atomic mass is 79.9. The van der Waals surface area contributed by atoms with Gasteiger partial charge in [0.25, 0.3) is 0 Å². The van der Waals surface area contributed by atoms with Gasteiger partial charge in [-0.2, -0.15) is 0 Å². The van der Waals surface area contributed by atoms with E-state index < -0.39 is 0 Å². The average molecular weight is 295 g/mol. The van der Waals surface area contributed by atoms with Gasteiger partial charge in [-0.25, -0.2) is 4.98 Å². The second-order valence-electron chi connectivity index (χ2n) is 4.61. The molecule has 2 aromatic rings. The first-order valence-electron chi connectivity index (χ1n) is 5.97. The van der Waals surface area contributed by atoms with Crippen molar-refractivity contribution >= 4 is 21.6 Å². The Morgan fingerprint density at radius 2 is 2.18 bits per heavy atom. The van der Waals surface area contributed by atoms with E-state index >= 15 is 0 Å². The molecule has 3 rings (SSSR count). The van der Waals surface area contributed by atoms with Gasteiger partial charge < -0.3 is 4.74 Å². The number of fused-ring (bicyclic) bond motifs is 1. The highest BCUT2D eigenvalue weighted by molar-refractivity contribution is 9.10. The summed E-state index contributed by atoms with van der Waals surface area (Å²) in [7, 11) is 0. The summed E-state index contributed by atoms with van der Waals surface area (Å²) in [6, 6.07) is 4.22. The first-order chi connectivity index (χ1) is 8.25. The third-order valence-corrected chi connectivity index (χ3v) is 4.14. The monoisotopic (exact) mass is 294 g/mol. The van der Waals surface area contributed by atoms with Crippen LogP contribution in [0.15, 0.2) is 22.9 Å². The summed E-state index contributed by atoms with van der Waals surface area (Å²) in [6.07, 6.45) is 4.22. The van der Waals surface area contributed by atoms with E-state index in [0.717, 1.165) is 36.3 Å². The standard InChI is InChI=1S/C13H15BrN2O/c1-9-2-5-16-11(8-9)15-12(13(16)14)10-3-6-17-7-4-10/h2,5,8,10H,3-4,6-7H2,1H3. The zero-order valence-electron chi connectivity index (χ0n) is 9.82. The summed E-state index contributed by atoms with van der Waals surface area (Å²) in [5.41, 5.74) is 3.45. The van der Waals surface area contributed by atoms with Gasteiger partial charge in [0, 0.05) is 25.3 Å². The van der Waals surface area contributed by atoms with Crippen LogP contribution in [-0.4, -0.2) is 22.6 Å². The molecule has 3 nitrogen and oxygen atoms in total. The van der Waals surface area contributed by atoms with Crippen LogP contribution in [0.25, 0.3) is 5.65 Å². The second kappa shape index (κ2) is 4.42. The number of aryl methyl sites for hydroxylation is 1. The van der Waals surface area contributed by atoms with Crippen LogP contribution in [0, 0.1) is 6.92 Å². The highest BCUT2D eigenvalue weighted by Gasteiger charge is 2.22. The van der Waals surface area contributed by atoms with Gasteiger partial charge in [-0.3, -0.25) is 4.40 Å². The predicted octanol–water partition coefficient (Wildman–Crippen LogP) is 3.30. The van der Waals surface area contributed by atoms with Gasteiger partial charge in [0.15, 0.2) is 0 Å². The lowest BCUT2D eigenvalue weighted by molar-refractivity contribution is 0.0844. The molecule has 0 atom stereocenters. The smallest absolute Gasteiger partial charge is 0.138 e. The zero-order chi connectivity index (χ0) is 11.8. The van der Waals surface area contributed by atoms with E-state index in [4.69, 9.17) is 9.72 Å². The van der Waals surface area contributed by atoms with Crippen molar-refractivity contribution in [2.75, 3.05) is 13.2 Å². The molecule has 2 aromatic heterocycles. The van der Waals surface area contributed by atoms with E-state index in [9.17, 15) is 0 Å². The normalized spacial score (nSPS) is 17.8. The molecule has 0 bridgehead atoms. The molecular formula is C13H15BrN2O. The topological polar surface area (TPSA) is 26.5 Å². The average Bonchev–Trinajstić information content (AvgIpc) is 2.67. The van der Waals surface area contributed by atoms with Crippen LogP contribution < -0.4 is 0 Å².